The molecule has 1 unspecified atom stereocenters. The van der Waals surface area contributed by atoms with E-state index in [4.69, 9.17) is 0 Å². The molecular formula is C17H21BrN2S. The molecule has 1 heterocycles. The van der Waals surface area contributed by atoms with Crippen molar-refractivity contribution in [1.82, 2.24) is 10.3 Å². The van der Waals surface area contributed by atoms with E-state index >= 15 is 0 Å². The predicted octanol–water partition coefficient (Wildman–Crippen LogP) is 4.55. The van der Waals surface area contributed by atoms with Crippen LogP contribution in [-0.4, -0.2) is 23.3 Å². The normalized spacial score (nSPS) is 12.3. The molecule has 21 heavy (non-hydrogen) atoms. The Labute approximate surface area is 139 Å². The molecule has 2 aromatic rings. The molecule has 112 valence electrons. The number of thioether (sulfide) groups is 1. The van der Waals surface area contributed by atoms with Crippen LogP contribution in [0.2, 0.25) is 0 Å². The summed E-state index contributed by atoms with van der Waals surface area (Å²) >= 11 is 5.38. The molecule has 0 radical (unpaired) electrons. The number of hydrogen-bond acceptors (Lipinski definition) is 3. The molecule has 1 atom stereocenters. The second kappa shape index (κ2) is 9.23. The lowest BCUT2D eigenvalue weighted by molar-refractivity contribution is 0.549. The highest BCUT2D eigenvalue weighted by atomic mass is 79.9. The van der Waals surface area contributed by atoms with Gasteiger partial charge in [-0.05, 0) is 55.3 Å². The highest BCUT2D eigenvalue weighted by Gasteiger charge is 2.09. The predicted molar refractivity (Wildman–Crippen MR) is 94.9 cm³/mol. The van der Waals surface area contributed by atoms with Crippen molar-refractivity contribution < 1.29 is 0 Å². The van der Waals surface area contributed by atoms with Crippen molar-refractivity contribution in [2.24, 2.45) is 0 Å². The minimum Gasteiger partial charge on any atom is -0.313 e. The van der Waals surface area contributed by atoms with Crippen LogP contribution in [0.3, 0.4) is 0 Å². The van der Waals surface area contributed by atoms with Crippen molar-refractivity contribution in [1.29, 1.82) is 0 Å². The van der Waals surface area contributed by atoms with E-state index in [0.29, 0.717) is 6.04 Å². The van der Waals surface area contributed by atoms with Crippen molar-refractivity contribution in [2.75, 3.05) is 12.3 Å². The number of aromatic nitrogens is 1. The summed E-state index contributed by atoms with van der Waals surface area (Å²) in [5.41, 5.74) is 1.29. The maximum Gasteiger partial charge on any atom is 0.0300 e. The largest absolute Gasteiger partial charge is 0.313 e. The van der Waals surface area contributed by atoms with Gasteiger partial charge in [0.1, 0.15) is 0 Å². The summed E-state index contributed by atoms with van der Waals surface area (Å²) in [6.07, 6.45) is 5.98. The molecule has 0 spiro atoms. The first-order valence-corrected chi connectivity index (χ1v) is 9.06. The van der Waals surface area contributed by atoms with E-state index < -0.39 is 0 Å². The second-order valence-corrected chi connectivity index (χ2v) is 6.99. The fourth-order valence-corrected chi connectivity index (χ4v) is 3.29. The molecule has 1 aromatic carbocycles. The molecular weight excluding hydrogens is 344 g/mol. The van der Waals surface area contributed by atoms with Crippen LogP contribution < -0.4 is 5.32 Å². The van der Waals surface area contributed by atoms with Crippen LogP contribution in [-0.2, 0) is 6.42 Å². The number of halogens is 1. The smallest absolute Gasteiger partial charge is 0.0300 e. The van der Waals surface area contributed by atoms with Gasteiger partial charge in [-0.1, -0.05) is 28.9 Å². The van der Waals surface area contributed by atoms with Gasteiger partial charge in [0.15, 0.2) is 0 Å². The summed E-state index contributed by atoms with van der Waals surface area (Å²) < 4.78 is 1.13. The molecule has 2 nitrogen and oxygen atoms in total. The van der Waals surface area contributed by atoms with E-state index in [2.05, 4.69) is 63.5 Å². The number of rotatable bonds is 8. The summed E-state index contributed by atoms with van der Waals surface area (Å²) in [7, 11) is 0. The van der Waals surface area contributed by atoms with Gasteiger partial charge in [-0.3, -0.25) is 4.98 Å². The van der Waals surface area contributed by atoms with Gasteiger partial charge < -0.3 is 5.32 Å². The Kier molecular flexibility index (Phi) is 7.27. The third kappa shape index (κ3) is 6.20. The third-order valence-electron chi connectivity index (χ3n) is 3.15. The number of pyridine rings is 1. The van der Waals surface area contributed by atoms with Gasteiger partial charge in [-0.15, -0.1) is 11.8 Å². The maximum atomic E-state index is 4.21. The van der Waals surface area contributed by atoms with Crippen molar-refractivity contribution in [3.63, 3.8) is 0 Å². The van der Waals surface area contributed by atoms with Gasteiger partial charge in [0, 0.05) is 33.6 Å². The SMILES string of the molecule is CCCNC(CSc1ccc(Br)cc1)Cc1cccnc1. The van der Waals surface area contributed by atoms with Gasteiger partial charge in [0.05, 0.1) is 0 Å². The van der Waals surface area contributed by atoms with Gasteiger partial charge in [0.2, 0.25) is 0 Å². The lowest BCUT2D eigenvalue weighted by atomic mass is 10.1. The third-order valence-corrected chi connectivity index (χ3v) is 4.86. The van der Waals surface area contributed by atoms with E-state index in [-0.39, 0.29) is 0 Å². The highest BCUT2D eigenvalue weighted by molar-refractivity contribution is 9.10. The summed E-state index contributed by atoms with van der Waals surface area (Å²) in [6, 6.07) is 13.1. The van der Waals surface area contributed by atoms with Crippen molar-refractivity contribution >= 4 is 27.7 Å². The molecule has 0 amide bonds. The van der Waals surface area contributed by atoms with E-state index in [1.807, 2.05) is 30.2 Å². The van der Waals surface area contributed by atoms with Gasteiger partial charge >= 0.3 is 0 Å². The standard InChI is InChI=1S/C17H21BrN2S/c1-2-9-20-16(11-14-4-3-10-19-12-14)13-21-17-7-5-15(18)6-8-17/h3-8,10,12,16,20H,2,9,11,13H2,1H3. The molecule has 1 aromatic heterocycles. The molecule has 4 heteroatoms. The molecule has 0 aliphatic carbocycles. The summed E-state index contributed by atoms with van der Waals surface area (Å²) in [5.74, 6) is 1.07. The zero-order valence-electron chi connectivity index (χ0n) is 12.3. The molecule has 0 fully saturated rings. The summed E-state index contributed by atoms with van der Waals surface area (Å²) in [6.45, 7) is 3.27. The molecule has 0 saturated heterocycles. The van der Waals surface area contributed by atoms with Crippen molar-refractivity contribution in [2.45, 2.75) is 30.7 Å². The van der Waals surface area contributed by atoms with Gasteiger partial charge in [-0.25, -0.2) is 0 Å². The van der Waals surface area contributed by atoms with Gasteiger partial charge in [-0.2, -0.15) is 0 Å². The molecule has 2 rings (SSSR count). The Bertz CT molecular complexity index is 516. The Morgan fingerprint density at radius 3 is 2.71 bits per heavy atom. The van der Waals surface area contributed by atoms with Crippen LogP contribution in [0, 0.1) is 0 Å². The Hall–Kier alpha value is -0.840. The quantitative estimate of drug-likeness (QED) is 0.695. The second-order valence-electron chi connectivity index (χ2n) is 4.98. The van der Waals surface area contributed by atoms with Gasteiger partial charge in [0.25, 0.3) is 0 Å². The van der Waals surface area contributed by atoms with Crippen molar-refractivity contribution in [3.05, 3.63) is 58.8 Å². The molecule has 0 bridgehead atoms. The van der Waals surface area contributed by atoms with Crippen LogP contribution in [0.5, 0.6) is 0 Å². The topological polar surface area (TPSA) is 24.9 Å². The number of nitrogens with zero attached hydrogens (tertiary/aromatic N) is 1. The van der Waals surface area contributed by atoms with Crippen LogP contribution in [0.4, 0.5) is 0 Å². The first-order valence-electron chi connectivity index (χ1n) is 7.28. The Balaban J connectivity index is 1.91. The van der Waals surface area contributed by atoms with E-state index in [1.165, 1.54) is 10.5 Å². The van der Waals surface area contributed by atoms with Crippen LogP contribution in [0.25, 0.3) is 0 Å². The molecule has 0 saturated carbocycles. The first-order chi connectivity index (χ1) is 10.3. The maximum absolute atomic E-state index is 4.21. The van der Waals surface area contributed by atoms with E-state index in [1.54, 1.807) is 0 Å². The molecule has 0 aliphatic heterocycles. The Morgan fingerprint density at radius 1 is 1.24 bits per heavy atom. The fraction of sp³-hybridized carbons (Fsp3) is 0.353. The Morgan fingerprint density at radius 2 is 2.05 bits per heavy atom. The monoisotopic (exact) mass is 364 g/mol. The fourth-order valence-electron chi connectivity index (χ4n) is 2.07. The lowest BCUT2D eigenvalue weighted by Crippen LogP contribution is -2.34. The number of nitrogens with one attached hydrogen (secondary N) is 1. The summed E-state index contributed by atoms with van der Waals surface area (Å²) in [4.78, 5) is 5.52. The zero-order chi connectivity index (χ0) is 14.9. The molecule has 0 aliphatic rings. The minimum atomic E-state index is 0.475. The first kappa shape index (κ1) is 16.5. The number of hydrogen-bond donors (Lipinski definition) is 1. The van der Waals surface area contributed by atoms with E-state index in [0.717, 1.165) is 29.6 Å². The summed E-state index contributed by atoms with van der Waals surface area (Å²) in [5, 5.41) is 3.64. The average Bonchev–Trinajstić information content (AvgIpc) is 2.52. The lowest BCUT2D eigenvalue weighted by Gasteiger charge is -2.18. The van der Waals surface area contributed by atoms with Crippen LogP contribution in [0.1, 0.15) is 18.9 Å². The zero-order valence-corrected chi connectivity index (χ0v) is 14.7. The number of benzene rings is 1. The minimum absolute atomic E-state index is 0.475. The van der Waals surface area contributed by atoms with Crippen LogP contribution >= 0.6 is 27.7 Å². The molecule has 1 N–H and O–H groups in total. The average molecular weight is 365 g/mol. The van der Waals surface area contributed by atoms with Crippen LogP contribution in [0.15, 0.2) is 58.2 Å². The highest BCUT2D eigenvalue weighted by Crippen LogP contribution is 2.22. The van der Waals surface area contributed by atoms with E-state index in [9.17, 15) is 0 Å². The van der Waals surface area contributed by atoms with Crippen molar-refractivity contribution in [3.8, 4) is 0 Å².